The SMILES string of the molecule is CCc1ccc(CNCc2ccc(N(C)CC)nc2)s1. The first-order valence-electron chi connectivity index (χ1n) is 7.17. The first-order valence-corrected chi connectivity index (χ1v) is 7.99. The maximum Gasteiger partial charge on any atom is 0.128 e. The van der Waals surface area contributed by atoms with Crippen molar-refractivity contribution in [2.45, 2.75) is 33.4 Å². The standard InChI is InChI=1S/C16H23N3S/c1-4-14-7-8-15(20-14)12-17-10-13-6-9-16(18-11-13)19(3)5-2/h6-9,11,17H,4-5,10,12H2,1-3H3. The minimum absolute atomic E-state index is 0.864. The third kappa shape index (κ3) is 4.05. The van der Waals surface area contributed by atoms with Gasteiger partial charge < -0.3 is 10.2 Å². The topological polar surface area (TPSA) is 28.2 Å². The highest BCUT2D eigenvalue weighted by atomic mass is 32.1. The van der Waals surface area contributed by atoms with Gasteiger partial charge in [-0.05, 0) is 37.1 Å². The van der Waals surface area contributed by atoms with Crippen molar-refractivity contribution in [3.05, 3.63) is 45.8 Å². The summed E-state index contributed by atoms with van der Waals surface area (Å²) < 4.78 is 0. The van der Waals surface area contributed by atoms with Crippen molar-refractivity contribution in [3.63, 3.8) is 0 Å². The zero-order chi connectivity index (χ0) is 14.4. The van der Waals surface area contributed by atoms with Gasteiger partial charge in [-0.25, -0.2) is 4.98 Å². The minimum atomic E-state index is 0.864. The lowest BCUT2D eigenvalue weighted by Gasteiger charge is -2.15. The smallest absolute Gasteiger partial charge is 0.128 e. The zero-order valence-electron chi connectivity index (χ0n) is 12.5. The molecule has 3 nitrogen and oxygen atoms in total. The third-order valence-electron chi connectivity index (χ3n) is 3.37. The van der Waals surface area contributed by atoms with E-state index in [9.17, 15) is 0 Å². The van der Waals surface area contributed by atoms with E-state index in [0.717, 1.165) is 31.9 Å². The largest absolute Gasteiger partial charge is 0.360 e. The van der Waals surface area contributed by atoms with E-state index in [1.54, 1.807) is 0 Å². The van der Waals surface area contributed by atoms with Crippen LogP contribution < -0.4 is 10.2 Å². The van der Waals surface area contributed by atoms with Crippen molar-refractivity contribution in [1.82, 2.24) is 10.3 Å². The van der Waals surface area contributed by atoms with Gasteiger partial charge in [0, 0.05) is 42.6 Å². The number of nitrogens with zero attached hydrogens (tertiary/aromatic N) is 2. The molecule has 2 aromatic rings. The molecule has 108 valence electrons. The van der Waals surface area contributed by atoms with Gasteiger partial charge in [0.1, 0.15) is 5.82 Å². The normalized spacial score (nSPS) is 10.8. The van der Waals surface area contributed by atoms with Crippen LogP contribution in [0.1, 0.15) is 29.2 Å². The number of pyridine rings is 1. The average molecular weight is 289 g/mol. The van der Waals surface area contributed by atoms with Crippen LogP contribution in [0.25, 0.3) is 0 Å². The predicted octanol–water partition coefficient (Wildman–Crippen LogP) is 3.45. The Morgan fingerprint density at radius 3 is 2.50 bits per heavy atom. The Morgan fingerprint density at radius 2 is 1.90 bits per heavy atom. The number of anilines is 1. The van der Waals surface area contributed by atoms with Crippen molar-refractivity contribution >= 4 is 17.2 Å². The molecule has 0 aliphatic heterocycles. The van der Waals surface area contributed by atoms with Crippen molar-refractivity contribution in [2.75, 3.05) is 18.5 Å². The zero-order valence-corrected chi connectivity index (χ0v) is 13.3. The van der Waals surface area contributed by atoms with Crippen LogP contribution in [0, 0.1) is 0 Å². The molecule has 2 rings (SSSR count). The molecule has 0 aromatic carbocycles. The summed E-state index contributed by atoms with van der Waals surface area (Å²) in [6.45, 7) is 7.10. The maximum absolute atomic E-state index is 4.48. The molecule has 0 aliphatic rings. The van der Waals surface area contributed by atoms with Crippen LogP contribution in [0.2, 0.25) is 0 Å². The summed E-state index contributed by atoms with van der Waals surface area (Å²) in [4.78, 5) is 9.47. The summed E-state index contributed by atoms with van der Waals surface area (Å²) in [5.41, 5.74) is 1.23. The number of thiophene rings is 1. The molecular formula is C16H23N3S. The Balaban J connectivity index is 1.82. The maximum atomic E-state index is 4.48. The summed E-state index contributed by atoms with van der Waals surface area (Å²) in [5.74, 6) is 1.03. The molecule has 0 saturated carbocycles. The van der Waals surface area contributed by atoms with E-state index >= 15 is 0 Å². The van der Waals surface area contributed by atoms with Crippen LogP contribution in [0.15, 0.2) is 30.5 Å². The molecule has 2 aromatic heterocycles. The Morgan fingerprint density at radius 1 is 1.10 bits per heavy atom. The summed E-state index contributed by atoms with van der Waals surface area (Å²) in [5, 5.41) is 3.47. The lowest BCUT2D eigenvalue weighted by Crippen LogP contribution is -2.17. The molecule has 1 N–H and O–H groups in total. The van der Waals surface area contributed by atoms with Crippen molar-refractivity contribution in [1.29, 1.82) is 0 Å². The first kappa shape index (κ1) is 15.0. The monoisotopic (exact) mass is 289 g/mol. The summed E-state index contributed by atoms with van der Waals surface area (Å²) in [6.07, 6.45) is 3.08. The van der Waals surface area contributed by atoms with Crippen LogP contribution in [0.3, 0.4) is 0 Å². The number of aromatic nitrogens is 1. The third-order valence-corrected chi connectivity index (χ3v) is 4.60. The summed E-state index contributed by atoms with van der Waals surface area (Å²) in [6, 6.07) is 8.67. The lowest BCUT2D eigenvalue weighted by molar-refractivity contribution is 0.698. The van der Waals surface area contributed by atoms with E-state index in [1.165, 1.54) is 15.3 Å². The Bertz CT molecular complexity index is 519. The summed E-state index contributed by atoms with van der Waals surface area (Å²) >= 11 is 1.89. The molecule has 0 spiro atoms. The second-order valence-electron chi connectivity index (χ2n) is 4.86. The number of aryl methyl sites for hydroxylation is 1. The van der Waals surface area contributed by atoms with Gasteiger partial charge in [0.05, 0.1) is 0 Å². The van der Waals surface area contributed by atoms with Crippen molar-refractivity contribution in [3.8, 4) is 0 Å². The summed E-state index contributed by atoms with van der Waals surface area (Å²) in [7, 11) is 2.06. The highest BCUT2D eigenvalue weighted by Gasteiger charge is 2.01. The molecule has 0 aliphatic carbocycles. The van der Waals surface area contributed by atoms with Crippen LogP contribution >= 0.6 is 11.3 Å². The Labute approximate surface area is 125 Å². The van der Waals surface area contributed by atoms with Crippen LogP contribution in [0.5, 0.6) is 0 Å². The van der Waals surface area contributed by atoms with Gasteiger partial charge in [-0.3, -0.25) is 0 Å². The molecule has 2 heterocycles. The van der Waals surface area contributed by atoms with Gasteiger partial charge in [-0.2, -0.15) is 0 Å². The van der Waals surface area contributed by atoms with E-state index in [1.807, 2.05) is 17.5 Å². The second kappa shape index (κ2) is 7.41. The number of hydrogen-bond acceptors (Lipinski definition) is 4. The van der Waals surface area contributed by atoms with Crippen LogP contribution in [0.4, 0.5) is 5.82 Å². The Hall–Kier alpha value is -1.39. The van der Waals surface area contributed by atoms with Gasteiger partial charge >= 0.3 is 0 Å². The highest BCUT2D eigenvalue weighted by molar-refractivity contribution is 7.11. The molecule has 0 atom stereocenters. The number of rotatable bonds is 7. The van der Waals surface area contributed by atoms with Crippen molar-refractivity contribution in [2.24, 2.45) is 0 Å². The van der Waals surface area contributed by atoms with Gasteiger partial charge in [0.15, 0.2) is 0 Å². The Kier molecular flexibility index (Phi) is 5.56. The molecular weight excluding hydrogens is 266 g/mol. The fourth-order valence-electron chi connectivity index (χ4n) is 1.95. The number of hydrogen-bond donors (Lipinski definition) is 1. The molecule has 0 unspecified atom stereocenters. The van der Waals surface area contributed by atoms with E-state index in [4.69, 9.17) is 0 Å². The first-order chi connectivity index (χ1) is 9.72. The van der Waals surface area contributed by atoms with E-state index < -0.39 is 0 Å². The van der Waals surface area contributed by atoms with Crippen LogP contribution in [-0.2, 0) is 19.5 Å². The van der Waals surface area contributed by atoms with Crippen LogP contribution in [-0.4, -0.2) is 18.6 Å². The molecule has 0 bridgehead atoms. The van der Waals surface area contributed by atoms with Crippen molar-refractivity contribution < 1.29 is 0 Å². The molecule has 20 heavy (non-hydrogen) atoms. The second-order valence-corrected chi connectivity index (χ2v) is 6.12. The average Bonchev–Trinajstić information content (AvgIpc) is 2.95. The molecule has 0 amide bonds. The van der Waals surface area contributed by atoms with E-state index in [-0.39, 0.29) is 0 Å². The van der Waals surface area contributed by atoms with Gasteiger partial charge in [-0.1, -0.05) is 13.0 Å². The predicted molar refractivity (Wildman–Crippen MR) is 87.4 cm³/mol. The lowest BCUT2D eigenvalue weighted by atomic mass is 10.2. The molecule has 0 saturated heterocycles. The van der Waals surface area contributed by atoms with Gasteiger partial charge in [0.25, 0.3) is 0 Å². The molecule has 4 heteroatoms. The van der Waals surface area contributed by atoms with E-state index in [0.29, 0.717) is 0 Å². The number of nitrogens with one attached hydrogen (secondary N) is 1. The quantitative estimate of drug-likeness (QED) is 0.846. The highest BCUT2D eigenvalue weighted by Crippen LogP contribution is 2.16. The fraction of sp³-hybridized carbons (Fsp3) is 0.438. The molecule has 0 fully saturated rings. The van der Waals surface area contributed by atoms with Gasteiger partial charge in [0.2, 0.25) is 0 Å². The minimum Gasteiger partial charge on any atom is -0.360 e. The van der Waals surface area contributed by atoms with Gasteiger partial charge in [-0.15, -0.1) is 11.3 Å². The van der Waals surface area contributed by atoms with E-state index in [2.05, 4.69) is 60.4 Å². The fourth-order valence-corrected chi connectivity index (χ4v) is 2.87. The molecule has 0 radical (unpaired) electrons.